The minimum absolute atomic E-state index is 0.0112. The van der Waals surface area contributed by atoms with Crippen LogP contribution in [0.25, 0.3) is 0 Å². The third-order valence-electron chi connectivity index (χ3n) is 2.92. The number of benzene rings is 1. The van der Waals surface area contributed by atoms with Gasteiger partial charge in [0.25, 0.3) is 0 Å². The van der Waals surface area contributed by atoms with Crippen molar-refractivity contribution < 1.29 is 8.78 Å². The summed E-state index contributed by atoms with van der Waals surface area (Å²) >= 11 is 1.56. The molecule has 1 N–H and O–H groups in total. The van der Waals surface area contributed by atoms with E-state index in [2.05, 4.69) is 31.1 Å². The molecule has 1 heterocycles. The maximum absolute atomic E-state index is 13.8. The zero-order chi connectivity index (χ0) is 14.9. The van der Waals surface area contributed by atoms with Gasteiger partial charge in [-0.2, -0.15) is 0 Å². The Morgan fingerprint density at radius 1 is 1.25 bits per heavy atom. The number of anilines is 1. The quantitative estimate of drug-likeness (QED) is 0.892. The van der Waals surface area contributed by atoms with E-state index in [1.807, 2.05) is 5.38 Å². The van der Waals surface area contributed by atoms with Crippen molar-refractivity contribution >= 4 is 17.0 Å². The molecule has 108 valence electrons. The normalized spacial score (nSPS) is 11.7. The number of aryl methyl sites for hydroxylation is 1. The molecule has 0 aliphatic carbocycles. The molecule has 0 radical (unpaired) electrons. The van der Waals surface area contributed by atoms with Crippen molar-refractivity contribution in [3.05, 3.63) is 45.4 Å². The predicted molar refractivity (Wildman–Crippen MR) is 79.2 cm³/mol. The van der Waals surface area contributed by atoms with Crippen LogP contribution in [0, 0.1) is 18.6 Å². The first kappa shape index (κ1) is 14.9. The van der Waals surface area contributed by atoms with E-state index in [9.17, 15) is 8.78 Å². The second-order valence-electron chi connectivity index (χ2n) is 5.80. The molecule has 0 saturated carbocycles. The van der Waals surface area contributed by atoms with Crippen molar-refractivity contribution in [1.82, 2.24) is 4.98 Å². The van der Waals surface area contributed by atoms with E-state index >= 15 is 0 Å². The van der Waals surface area contributed by atoms with Crippen LogP contribution >= 0.6 is 11.3 Å². The Hall–Kier alpha value is -1.49. The highest BCUT2D eigenvalue weighted by Gasteiger charge is 2.18. The molecule has 1 aromatic carbocycles. The van der Waals surface area contributed by atoms with Gasteiger partial charge in [0.15, 0.2) is 5.82 Å². The maximum Gasteiger partial charge on any atom is 0.152 e. The Kier molecular flexibility index (Phi) is 4.09. The third kappa shape index (κ3) is 3.15. The summed E-state index contributed by atoms with van der Waals surface area (Å²) in [5, 5.41) is 5.73. The lowest BCUT2D eigenvalue weighted by Gasteiger charge is -2.13. The minimum Gasteiger partial charge on any atom is -0.375 e. The van der Waals surface area contributed by atoms with Gasteiger partial charge in [0, 0.05) is 10.8 Å². The molecule has 2 aromatic rings. The first-order valence-corrected chi connectivity index (χ1v) is 7.30. The number of hydrogen-bond donors (Lipinski definition) is 1. The van der Waals surface area contributed by atoms with Gasteiger partial charge in [0.1, 0.15) is 11.5 Å². The van der Waals surface area contributed by atoms with Crippen molar-refractivity contribution in [2.45, 2.75) is 39.7 Å². The van der Waals surface area contributed by atoms with Gasteiger partial charge < -0.3 is 5.32 Å². The van der Waals surface area contributed by atoms with Crippen LogP contribution < -0.4 is 5.32 Å². The molecule has 1 aromatic heterocycles. The lowest BCUT2D eigenvalue weighted by atomic mass is 9.98. The maximum atomic E-state index is 13.8. The van der Waals surface area contributed by atoms with Gasteiger partial charge in [-0.15, -0.1) is 11.3 Å². The number of nitrogens with one attached hydrogen (secondary N) is 1. The number of thiazole rings is 1. The molecule has 2 rings (SSSR count). The number of aromatic nitrogens is 1. The number of halogens is 2. The summed E-state index contributed by atoms with van der Waals surface area (Å²) in [5.41, 5.74) is 1.11. The van der Waals surface area contributed by atoms with Crippen LogP contribution in [0.15, 0.2) is 17.5 Å². The summed E-state index contributed by atoms with van der Waals surface area (Å²) in [5.74, 6) is -1.13. The summed E-state index contributed by atoms with van der Waals surface area (Å²) in [7, 11) is 0. The molecular formula is C15H18F2N2S. The van der Waals surface area contributed by atoms with Gasteiger partial charge in [-0.25, -0.2) is 13.8 Å². The standard InChI is InChI=1S/C15H18F2N2S/c1-9-5-6-11(16)13(12(9)17)18-7-10-8-20-14(19-10)15(2,3)4/h5-6,8,18H,7H2,1-4H3. The summed E-state index contributed by atoms with van der Waals surface area (Å²) in [6.45, 7) is 8.18. The van der Waals surface area contributed by atoms with E-state index in [0.717, 1.165) is 10.7 Å². The average molecular weight is 296 g/mol. The minimum atomic E-state index is -0.584. The molecule has 0 spiro atoms. The molecule has 0 unspecified atom stereocenters. The van der Waals surface area contributed by atoms with Crippen molar-refractivity contribution in [2.75, 3.05) is 5.32 Å². The summed E-state index contributed by atoms with van der Waals surface area (Å²) in [6, 6.07) is 2.69. The summed E-state index contributed by atoms with van der Waals surface area (Å²) < 4.78 is 27.4. The first-order chi connectivity index (χ1) is 9.29. The highest BCUT2D eigenvalue weighted by molar-refractivity contribution is 7.09. The molecule has 0 amide bonds. The second-order valence-corrected chi connectivity index (χ2v) is 6.66. The van der Waals surface area contributed by atoms with Crippen LogP contribution in [0.4, 0.5) is 14.5 Å². The summed E-state index contributed by atoms with van der Waals surface area (Å²) in [4.78, 5) is 4.49. The molecule has 0 bridgehead atoms. The molecule has 2 nitrogen and oxygen atoms in total. The first-order valence-electron chi connectivity index (χ1n) is 6.42. The highest BCUT2D eigenvalue weighted by Crippen LogP contribution is 2.26. The van der Waals surface area contributed by atoms with Crippen LogP contribution in [0.2, 0.25) is 0 Å². The van der Waals surface area contributed by atoms with Crippen LogP contribution in [0.5, 0.6) is 0 Å². The Morgan fingerprint density at radius 3 is 2.55 bits per heavy atom. The smallest absolute Gasteiger partial charge is 0.152 e. The lowest BCUT2D eigenvalue weighted by Crippen LogP contribution is -2.11. The molecule has 0 saturated heterocycles. The van der Waals surface area contributed by atoms with E-state index in [-0.39, 0.29) is 11.1 Å². The lowest BCUT2D eigenvalue weighted by molar-refractivity contribution is 0.579. The van der Waals surface area contributed by atoms with Crippen LogP contribution in [0.1, 0.15) is 37.0 Å². The molecule has 0 aliphatic heterocycles. The number of rotatable bonds is 3. The molecule has 0 aliphatic rings. The van der Waals surface area contributed by atoms with Gasteiger partial charge in [0.05, 0.1) is 17.2 Å². The zero-order valence-corrected chi connectivity index (χ0v) is 12.9. The van der Waals surface area contributed by atoms with E-state index in [1.54, 1.807) is 18.3 Å². The van der Waals surface area contributed by atoms with Crippen molar-refractivity contribution in [3.8, 4) is 0 Å². The van der Waals surface area contributed by atoms with Gasteiger partial charge in [-0.3, -0.25) is 0 Å². The highest BCUT2D eigenvalue weighted by atomic mass is 32.1. The molecule has 0 fully saturated rings. The van der Waals surface area contributed by atoms with E-state index in [0.29, 0.717) is 12.1 Å². The van der Waals surface area contributed by atoms with Crippen LogP contribution in [-0.2, 0) is 12.0 Å². The topological polar surface area (TPSA) is 24.9 Å². The third-order valence-corrected chi connectivity index (χ3v) is 4.24. The van der Waals surface area contributed by atoms with E-state index in [4.69, 9.17) is 0 Å². The SMILES string of the molecule is Cc1ccc(F)c(NCc2csc(C(C)(C)C)n2)c1F. The van der Waals surface area contributed by atoms with E-state index in [1.165, 1.54) is 12.1 Å². The molecular weight excluding hydrogens is 278 g/mol. The van der Waals surface area contributed by atoms with Gasteiger partial charge in [0.2, 0.25) is 0 Å². The molecule has 20 heavy (non-hydrogen) atoms. The van der Waals surface area contributed by atoms with Crippen LogP contribution in [0.3, 0.4) is 0 Å². The van der Waals surface area contributed by atoms with Crippen molar-refractivity contribution in [3.63, 3.8) is 0 Å². The van der Waals surface area contributed by atoms with Gasteiger partial charge >= 0.3 is 0 Å². The Balaban J connectivity index is 2.14. The largest absolute Gasteiger partial charge is 0.375 e. The fourth-order valence-electron chi connectivity index (χ4n) is 1.73. The van der Waals surface area contributed by atoms with Crippen molar-refractivity contribution in [1.29, 1.82) is 0 Å². The second kappa shape index (κ2) is 5.48. The van der Waals surface area contributed by atoms with E-state index < -0.39 is 11.6 Å². The molecule has 0 atom stereocenters. The number of nitrogens with zero attached hydrogens (tertiary/aromatic N) is 1. The fourth-order valence-corrected chi connectivity index (χ4v) is 2.64. The monoisotopic (exact) mass is 296 g/mol. The van der Waals surface area contributed by atoms with Gasteiger partial charge in [-0.05, 0) is 18.6 Å². The average Bonchev–Trinajstić information content (AvgIpc) is 2.83. The van der Waals surface area contributed by atoms with Crippen LogP contribution in [-0.4, -0.2) is 4.98 Å². The van der Waals surface area contributed by atoms with Gasteiger partial charge in [-0.1, -0.05) is 26.8 Å². The summed E-state index contributed by atoms with van der Waals surface area (Å²) in [6.07, 6.45) is 0. The van der Waals surface area contributed by atoms with Crippen molar-refractivity contribution in [2.24, 2.45) is 0 Å². The predicted octanol–water partition coefficient (Wildman–Crippen LogP) is 4.64. The zero-order valence-electron chi connectivity index (χ0n) is 12.1. The molecule has 5 heteroatoms. The Labute approximate surface area is 121 Å². The Morgan fingerprint density at radius 2 is 1.95 bits per heavy atom. The Bertz CT molecular complexity index is 615. The fraction of sp³-hybridized carbons (Fsp3) is 0.400. The number of hydrogen-bond acceptors (Lipinski definition) is 3.